The quantitative estimate of drug-likeness (QED) is 0.782. The highest BCUT2D eigenvalue weighted by Crippen LogP contribution is 2.24. The molecule has 0 N–H and O–H groups in total. The molecule has 98 valence electrons. The number of rotatable bonds is 5. The van der Waals surface area contributed by atoms with E-state index in [2.05, 4.69) is 21.5 Å². The predicted molar refractivity (Wildman–Crippen MR) is 72.9 cm³/mol. The van der Waals surface area contributed by atoms with Gasteiger partial charge in [0.25, 0.3) is 0 Å². The second kappa shape index (κ2) is 5.67. The van der Waals surface area contributed by atoms with E-state index in [1.54, 1.807) is 12.4 Å². The van der Waals surface area contributed by atoms with E-state index in [0.717, 1.165) is 23.4 Å². The Kier molecular flexibility index (Phi) is 4.19. The molecule has 0 aromatic carbocycles. The molecule has 2 unspecified atom stereocenters. The van der Waals surface area contributed by atoms with Gasteiger partial charge in [0.05, 0.1) is 29.7 Å². The summed E-state index contributed by atoms with van der Waals surface area (Å²) in [6.07, 6.45) is 3.67. The number of hydrogen-bond donors (Lipinski definition) is 0. The van der Waals surface area contributed by atoms with Crippen molar-refractivity contribution in [3.05, 3.63) is 24.3 Å². The Hall–Kier alpha value is -1.13. The van der Waals surface area contributed by atoms with Crippen molar-refractivity contribution in [2.24, 2.45) is 0 Å². The Labute approximate surface area is 112 Å². The maximum atomic E-state index is 6.20. The molecular formula is C13H18ClN3O. The van der Waals surface area contributed by atoms with E-state index in [9.17, 15) is 0 Å². The van der Waals surface area contributed by atoms with E-state index in [1.165, 1.54) is 0 Å². The third kappa shape index (κ3) is 2.65. The first-order valence-corrected chi connectivity index (χ1v) is 6.63. The van der Waals surface area contributed by atoms with Crippen LogP contribution >= 0.6 is 11.6 Å². The summed E-state index contributed by atoms with van der Waals surface area (Å²) in [6, 6.07) is 1.96. The summed E-state index contributed by atoms with van der Waals surface area (Å²) in [5, 5.41) is -0.133. The van der Waals surface area contributed by atoms with Crippen LogP contribution in [0.3, 0.4) is 0 Å². The largest absolute Gasteiger partial charge is 0.377 e. The highest BCUT2D eigenvalue weighted by molar-refractivity contribution is 6.20. The zero-order valence-electron chi connectivity index (χ0n) is 10.9. The summed E-state index contributed by atoms with van der Waals surface area (Å²) < 4.78 is 7.71. The number of nitrogens with zero attached hydrogens (tertiary/aromatic N) is 3. The van der Waals surface area contributed by atoms with Crippen LogP contribution in [0.25, 0.3) is 11.0 Å². The minimum Gasteiger partial charge on any atom is -0.377 e. The van der Waals surface area contributed by atoms with Crippen molar-refractivity contribution >= 4 is 22.6 Å². The first-order chi connectivity index (χ1) is 8.63. The van der Waals surface area contributed by atoms with Crippen LogP contribution in [0.4, 0.5) is 0 Å². The van der Waals surface area contributed by atoms with Crippen LogP contribution in [0.2, 0.25) is 0 Å². The van der Waals surface area contributed by atoms with Gasteiger partial charge in [0.1, 0.15) is 11.3 Å². The monoisotopic (exact) mass is 267 g/mol. The van der Waals surface area contributed by atoms with Gasteiger partial charge in [-0.05, 0) is 26.8 Å². The summed E-state index contributed by atoms with van der Waals surface area (Å²) in [5.74, 6) is 0.867. The molecule has 0 aliphatic heterocycles. The molecule has 0 spiro atoms. The van der Waals surface area contributed by atoms with Crippen LogP contribution in [-0.4, -0.2) is 27.2 Å². The molecule has 2 aromatic rings. The fraction of sp³-hybridized carbons (Fsp3) is 0.538. The molecule has 0 saturated carbocycles. The molecule has 4 nitrogen and oxygen atoms in total. The van der Waals surface area contributed by atoms with E-state index < -0.39 is 0 Å². The lowest BCUT2D eigenvalue weighted by atomic mass is 10.3. The highest BCUT2D eigenvalue weighted by Gasteiger charge is 2.16. The Bertz CT molecular complexity index is 524. The van der Waals surface area contributed by atoms with Gasteiger partial charge in [0.2, 0.25) is 0 Å². The average molecular weight is 268 g/mol. The molecule has 0 aliphatic carbocycles. The van der Waals surface area contributed by atoms with Crippen molar-refractivity contribution in [2.75, 3.05) is 6.61 Å². The highest BCUT2D eigenvalue weighted by atomic mass is 35.5. The summed E-state index contributed by atoms with van der Waals surface area (Å²) in [5.41, 5.74) is 1.93. The van der Waals surface area contributed by atoms with Gasteiger partial charge in [-0.15, -0.1) is 11.6 Å². The first-order valence-electron chi connectivity index (χ1n) is 6.19. The van der Waals surface area contributed by atoms with Gasteiger partial charge < -0.3 is 9.30 Å². The molecule has 0 saturated heterocycles. The van der Waals surface area contributed by atoms with Crippen molar-refractivity contribution in [1.29, 1.82) is 0 Å². The summed E-state index contributed by atoms with van der Waals surface area (Å²) in [6.45, 7) is 7.44. The van der Waals surface area contributed by atoms with Crippen molar-refractivity contribution in [1.82, 2.24) is 14.5 Å². The lowest BCUT2D eigenvalue weighted by molar-refractivity contribution is 0.0642. The number of ether oxygens (including phenoxy) is 1. The average Bonchev–Trinajstić information content (AvgIpc) is 2.69. The summed E-state index contributed by atoms with van der Waals surface area (Å²) >= 11 is 6.20. The Morgan fingerprint density at radius 1 is 1.44 bits per heavy atom. The van der Waals surface area contributed by atoms with Gasteiger partial charge in [-0.1, -0.05) is 0 Å². The van der Waals surface area contributed by atoms with Crippen LogP contribution in [0.15, 0.2) is 18.5 Å². The third-order valence-electron chi connectivity index (χ3n) is 2.83. The van der Waals surface area contributed by atoms with Crippen LogP contribution in [0.1, 0.15) is 32.0 Å². The number of halogens is 1. The summed E-state index contributed by atoms with van der Waals surface area (Å²) in [7, 11) is 0. The molecule has 2 aromatic heterocycles. The van der Waals surface area contributed by atoms with Gasteiger partial charge in [-0.2, -0.15) is 0 Å². The topological polar surface area (TPSA) is 39.9 Å². The molecule has 18 heavy (non-hydrogen) atoms. The van der Waals surface area contributed by atoms with E-state index in [4.69, 9.17) is 16.3 Å². The van der Waals surface area contributed by atoms with E-state index >= 15 is 0 Å². The van der Waals surface area contributed by atoms with E-state index in [1.807, 2.05) is 19.9 Å². The van der Waals surface area contributed by atoms with Gasteiger partial charge in [0.15, 0.2) is 0 Å². The van der Waals surface area contributed by atoms with Crippen LogP contribution in [0, 0.1) is 0 Å². The van der Waals surface area contributed by atoms with Crippen molar-refractivity contribution in [3.63, 3.8) is 0 Å². The van der Waals surface area contributed by atoms with Crippen LogP contribution in [0.5, 0.6) is 0 Å². The molecule has 2 atom stereocenters. The minimum atomic E-state index is -0.133. The van der Waals surface area contributed by atoms with Crippen LogP contribution < -0.4 is 0 Å². The molecule has 2 rings (SSSR count). The lowest BCUT2D eigenvalue weighted by Gasteiger charge is -2.16. The number of pyridine rings is 1. The minimum absolute atomic E-state index is 0.133. The Morgan fingerprint density at radius 2 is 2.22 bits per heavy atom. The van der Waals surface area contributed by atoms with Gasteiger partial charge in [-0.3, -0.25) is 4.98 Å². The number of alkyl halides is 1. The van der Waals surface area contributed by atoms with Crippen molar-refractivity contribution < 1.29 is 4.74 Å². The molecule has 0 bridgehead atoms. The molecule has 5 heteroatoms. The maximum Gasteiger partial charge on any atom is 0.127 e. The van der Waals surface area contributed by atoms with Gasteiger partial charge in [-0.25, -0.2) is 4.98 Å². The zero-order chi connectivity index (χ0) is 13.1. The smallest absolute Gasteiger partial charge is 0.127 e. The first kappa shape index (κ1) is 13.3. The third-order valence-corrected chi connectivity index (χ3v) is 3.02. The second-order valence-corrected chi connectivity index (χ2v) is 4.98. The van der Waals surface area contributed by atoms with Crippen LogP contribution in [-0.2, 0) is 11.3 Å². The van der Waals surface area contributed by atoms with E-state index in [-0.39, 0.29) is 11.5 Å². The summed E-state index contributed by atoms with van der Waals surface area (Å²) in [4.78, 5) is 8.63. The number of fused-ring (bicyclic) bond motifs is 1. The molecule has 0 amide bonds. The standard InChI is InChI=1S/C13H18ClN3O/c1-4-18-9(2)8-17-12-5-6-15-7-11(12)16-13(17)10(3)14/h5-7,9-10H,4,8H2,1-3H3. The fourth-order valence-corrected chi connectivity index (χ4v) is 2.26. The Balaban J connectivity index is 2.42. The maximum absolute atomic E-state index is 6.20. The molecule has 2 heterocycles. The number of aromatic nitrogens is 3. The van der Waals surface area contributed by atoms with Crippen molar-refractivity contribution in [3.8, 4) is 0 Å². The van der Waals surface area contributed by atoms with Crippen molar-refractivity contribution in [2.45, 2.75) is 38.8 Å². The SMILES string of the molecule is CCOC(C)Cn1c(C(C)Cl)nc2cnccc21. The predicted octanol–water partition coefficient (Wildman–Crippen LogP) is 3.16. The van der Waals surface area contributed by atoms with Gasteiger partial charge in [0, 0.05) is 12.8 Å². The number of hydrogen-bond acceptors (Lipinski definition) is 3. The molecular weight excluding hydrogens is 250 g/mol. The molecule has 0 aliphatic rings. The van der Waals surface area contributed by atoms with Gasteiger partial charge >= 0.3 is 0 Å². The normalized spacial score (nSPS) is 14.9. The van der Waals surface area contributed by atoms with E-state index in [0.29, 0.717) is 6.61 Å². The number of imidazole rings is 1. The fourth-order valence-electron chi connectivity index (χ4n) is 2.09. The second-order valence-electron chi connectivity index (χ2n) is 4.33. The molecule has 0 fully saturated rings. The zero-order valence-corrected chi connectivity index (χ0v) is 11.7. The lowest BCUT2D eigenvalue weighted by Crippen LogP contribution is -2.18. The molecule has 0 radical (unpaired) electrons. The Morgan fingerprint density at radius 3 is 2.89 bits per heavy atom.